The van der Waals surface area contributed by atoms with Gasteiger partial charge in [-0.25, -0.2) is 4.98 Å². The smallest absolute Gasteiger partial charge is 0.254 e. The fourth-order valence-corrected chi connectivity index (χ4v) is 3.23. The summed E-state index contributed by atoms with van der Waals surface area (Å²) in [5.41, 5.74) is 1.77. The minimum absolute atomic E-state index is 0.000354. The first kappa shape index (κ1) is 15.0. The Balaban J connectivity index is 1.63. The first-order chi connectivity index (χ1) is 11.7. The molecule has 1 atom stereocenters. The number of hydrogen-bond acceptors (Lipinski definition) is 5. The summed E-state index contributed by atoms with van der Waals surface area (Å²) in [5, 5.41) is 0. The summed E-state index contributed by atoms with van der Waals surface area (Å²) in [7, 11) is 0. The number of H-pyrrole nitrogens is 1. The molecule has 2 aliphatic rings. The summed E-state index contributed by atoms with van der Waals surface area (Å²) in [4.78, 5) is 38.2. The molecule has 0 bridgehead atoms. The molecule has 1 N–H and O–H groups in total. The molecule has 7 nitrogen and oxygen atoms in total. The number of aromatic nitrogens is 3. The highest BCUT2D eigenvalue weighted by Crippen LogP contribution is 2.21. The highest BCUT2D eigenvalue weighted by atomic mass is 16.5. The van der Waals surface area contributed by atoms with Gasteiger partial charge in [-0.05, 0) is 31.4 Å². The Morgan fingerprint density at radius 1 is 1.38 bits per heavy atom. The first-order valence-corrected chi connectivity index (χ1v) is 8.16. The van der Waals surface area contributed by atoms with Crippen LogP contribution in [0.4, 0.5) is 0 Å². The predicted octanol–water partition coefficient (Wildman–Crippen LogP) is 0.896. The Hall–Kier alpha value is -2.54. The lowest BCUT2D eigenvalue weighted by molar-refractivity contribution is -0.141. The van der Waals surface area contributed by atoms with Crippen LogP contribution in [-0.2, 0) is 22.5 Å². The van der Waals surface area contributed by atoms with Gasteiger partial charge in [0.2, 0.25) is 0 Å². The van der Waals surface area contributed by atoms with Crippen molar-refractivity contribution in [2.24, 2.45) is 0 Å². The van der Waals surface area contributed by atoms with Crippen molar-refractivity contribution in [3.63, 3.8) is 0 Å². The second-order valence-corrected chi connectivity index (χ2v) is 6.07. The van der Waals surface area contributed by atoms with E-state index < -0.39 is 0 Å². The summed E-state index contributed by atoms with van der Waals surface area (Å²) in [5.74, 6) is 0.436. The molecular formula is C17H18N4O3. The first-order valence-electron chi connectivity index (χ1n) is 8.16. The summed E-state index contributed by atoms with van der Waals surface area (Å²) in [6.45, 7) is 1.51. The predicted molar refractivity (Wildman–Crippen MR) is 86.2 cm³/mol. The van der Waals surface area contributed by atoms with Crippen molar-refractivity contribution >= 4 is 5.91 Å². The van der Waals surface area contributed by atoms with Gasteiger partial charge >= 0.3 is 0 Å². The zero-order valence-corrected chi connectivity index (χ0v) is 13.2. The van der Waals surface area contributed by atoms with Gasteiger partial charge < -0.3 is 14.6 Å². The second kappa shape index (κ2) is 6.16. The fourth-order valence-electron chi connectivity index (χ4n) is 3.23. The zero-order valence-electron chi connectivity index (χ0n) is 13.2. The normalized spacial score (nSPS) is 20.0. The van der Waals surface area contributed by atoms with Crippen LogP contribution in [0.2, 0.25) is 0 Å². The van der Waals surface area contributed by atoms with E-state index in [1.807, 2.05) is 12.1 Å². The van der Waals surface area contributed by atoms with Crippen LogP contribution in [0.25, 0.3) is 11.5 Å². The zero-order chi connectivity index (χ0) is 16.5. The summed E-state index contributed by atoms with van der Waals surface area (Å²) < 4.78 is 5.48. The minimum atomic E-state index is -0.344. The van der Waals surface area contributed by atoms with Gasteiger partial charge in [0, 0.05) is 24.9 Å². The molecule has 2 aliphatic heterocycles. The Labute approximate surface area is 138 Å². The highest BCUT2D eigenvalue weighted by Gasteiger charge is 2.31. The molecule has 2 aromatic heterocycles. The van der Waals surface area contributed by atoms with Gasteiger partial charge in [-0.1, -0.05) is 6.07 Å². The molecule has 0 saturated carbocycles. The molecule has 2 aromatic rings. The van der Waals surface area contributed by atoms with Crippen LogP contribution >= 0.6 is 0 Å². The topological polar surface area (TPSA) is 88.2 Å². The number of fused-ring (bicyclic) bond motifs is 1. The van der Waals surface area contributed by atoms with Gasteiger partial charge in [0.15, 0.2) is 5.82 Å². The van der Waals surface area contributed by atoms with E-state index in [9.17, 15) is 9.59 Å². The number of carbonyl (C=O) groups is 1. The van der Waals surface area contributed by atoms with Crippen molar-refractivity contribution in [2.75, 3.05) is 13.2 Å². The van der Waals surface area contributed by atoms with Crippen molar-refractivity contribution in [1.29, 1.82) is 0 Å². The largest absolute Gasteiger partial charge is 0.368 e. The number of nitrogens with one attached hydrogen (secondary N) is 1. The molecular weight excluding hydrogens is 308 g/mol. The molecule has 1 unspecified atom stereocenters. The van der Waals surface area contributed by atoms with E-state index in [4.69, 9.17) is 4.74 Å². The lowest BCUT2D eigenvalue weighted by Gasteiger charge is -2.29. The maximum absolute atomic E-state index is 12.5. The second-order valence-electron chi connectivity index (χ2n) is 6.07. The summed E-state index contributed by atoms with van der Waals surface area (Å²) in [6, 6.07) is 5.44. The van der Waals surface area contributed by atoms with E-state index in [2.05, 4.69) is 15.0 Å². The van der Waals surface area contributed by atoms with Gasteiger partial charge in [-0.3, -0.25) is 14.6 Å². The molecule has 0 aliphatic carbocycles. The van der Waals surface area contributed by atoms with Crippen LogP contribution in [0.5, 0.6) is 0 Å². The van der Waals surface area contributed by atoms with E-state index in [0.29, 0.717) is 48.9 Å². The van der Waals surface area contributed by atoms with E-state index in [1.54, 1.807) is 17.2 Å². The summed E-state index contributed by atoms with van der Waals surface area (Å²) >= 11 is 0. The fraction of sp³-hybridized carbons (Fsp3) is 0.412. The SMILES string of the molecule is O=C(C1CCCO1)N1CCc2c(nc(-c3ccccn3)[nH]c2=O)C1. The molecule has 1 amide bonds. The Morgan fingerprint density at radius 2 is 2.29 bits per heavy atom. The molecule has 4 heterocycles. The number of pyridine rings is 1. The number of hydrogen-bond donors (Lipinski definition) is 1. The number of nitrogens with zero attached hydrogens (tertiary/aromatic N) is 3. The van der Waals surface area contributed by atoms with Crippen LogP contribution < -0.4 is 5.56 Å². The van der Waals surface area contributed by atoms with Crippen molar-refractivity contribution in [1.82, 2.24) is 19.9 Å². The van der Waals surface area contributed by atoms with Gasteiger partial charge in [-0.15, -0.1) is 0 Å². The number of carbonyl (C=O) groups excluding carboxylic acids is 1. The standard InChI is InChI=1S/C17H18N4O3/c22-16-11-6-8-21(17(23)14-5-3-9-24-14)10-13(11)19-15(20-16)12-4-1-2-7-18-12/h1-2,4,7,14H,3,5-6,8-10H2,(H,19,20,22). The van der Waals surface area contributed by atoms with E-state index in [-0.39, 0.29) is 17.6 Å². The number of rotatable bonds is 2. The number of ether oxygens (including phenoxy) is 1. The molecule has 0 spiro atoms. The maximum atomic E-state index is 12.5. The third-order valence-corrected chi connectivity index (χ3v) is 4.50. The van der Waals surface area contributed by atoms with Crippen molar-refractivity contribution in [2.45, 2.75) is 31.9 Å². The van der Waals surface area contributed by atoms with Gasteiger partial charge in [0.25, 0.3) is 11.5 Å². The van der Waals surface area contributed by atoms with Crippen LogP contribution in [0.3, 0.4) is 0 Å². The number of aromatic amines is 1. The van der Waals surface area contributed by atoms with Gasteiger partial charge in [0.05, 0.1) is 12.2 Å². The number of amides is 1. The van der Waals surface area contributed by atoms with Crippen LogP contribution in [0.1, 0.15) is 24.1 Å². The highest BCUT2D eigenvalue weighted by molar-refractivity contribution is 5.81. The summed E-state index contributed by atoms with van der Waals surface area (Å²) in [6.07, 6.45) is 3.51. The van der Waals surface area contributed by atoms with E-state index in [0.717, 1.165) is 12.8 Å². The Bertz CT molecular complexity index is 812. The lowest BCUT2D eigenvalue weighted by atomic mass is 10.1. The lowest BCUT2D eigenvalue weighted by Crippen LogP contribution is -2.43. The van der Waals surface area contributed by atoms with E-state index in [1.165, 1.54) is 0 Å². The molecule has 1 saturated heterocycles. The van der Waals surface area contributed by atoms with Crippen LogP contribution in [-0.4, -0.2) is 45.0 Å². The van der Waals surface area contributed by atoms with Gasteiger partial charge in [-0.2, -0.15) is 0 Å². The van der Waals surface area contributed by atoms with Crippen molar-refractivity contribution < 1.29 is 9.53 Å². The van der Waals surface area contributed by atoms with E-state index >= 15 is 0 Å². The average Bonchev–Trinajstić information content (AvgIpc) is 3.16. The molecule has 4 rings (SSSR count). The Morgan fingerprint density at radius 3 is 3.04 bits per heavy atom. The molecule has 24 heavy (non-hydrogen) atoms. The Kier molecular flexibility index (Phi) is 3.86. The molecule has 1 fully saturated rings. The van der Waals surface area contributed by atoms with Gasteiger partial charge in [0.1, 0.15) is 11.8 Å². The average molecular weight is 326 g/mol. The third kappa shape index (κ3) is 2.71. The maximum Gasteiger partial charge on any atom is 0.254 e. The van der Waals surface area contributed by atoms with Crippen molar-refractivity contribution in [3.05, 3.63) is 46.0 Å². The molecule has 7 heteroatoms. The molecule has 124 valence electrons. The molecule has 0 aromatic carbocycles. The van der Waals surface area contributed by atoms with Crippen molar-refractivity contribution in [3.8, 4) is 11.5 Å². The molecule has 0 radical (unpaired) electrons. The van der Waals surface area contributed by atoms with Crippen LogP contribution in [0.15, 0.2) is 29.2 Å². The van der Waals surface area contributed by atoms with Crippen LogP contribution in [0, 0.1) is 0 Å². The third-order valence-electron chi connectivity index (χ3n) is 4.50. The quantitative estimate of drug-likeness (QED) is 0.886. The monoisotopic (exact) mass is 326 g/mol. The minimum Gasteiger partial charge on any atom is -0.368 e.